The lowest BCUT2D eigenvalue weighted by atomic mass is 10.1. The van der Waals surface area contributed by atoms with Crippen molar-refractivity contribution >= 4 is 0 Å². The number of para-hydroxylation sites is 1. The third kappa shape index (κ3) is 2.92. The smallest absolute Gasteiger partial charge is 0.329 e. The summed E-state index contributed by atoms with van der Waals surface area (Å²) in [6.45, 7) is 6.07. The highest BCUT2D eigenvalue weighted by molar-refractivity contribution is 5.41. The van der Waals surface area contributed by atoms with Crippen molar-refractivity contribution < 1.29 is 4.74 Å². The fourth-order valence-electron chi connectivity index (χ4n) is 2.37. The van der Waals surface area contributed by atoms with Crippen molar-refractivity contribution in [3.8, 4) is 17.7 Å². The minimum atomic E-state index is 0.346. The molecule has 0 bridgehead atoms. The van der Waals surface area contributed by atoms with Gasteiger partial charge in [-0.05, 0) is 36.6 Å². The average Bonchev–Trinajstić information content (AvgIpc) is 3.10. The fourth-order valence-corrected chi connectivity index (χ4v) is 2.37. The van der Waals surface area contributed by atoms with Crippen molar-refractivity contribution in [2.75, 3.05) is 0 Å². The van der Waals surface area contributed by atoms with E-state index in [-0.39, 0.29) is 0 Å². The van der Waals surface area contributed by atoms with Crippen molar-refractivity contribution in [1.29, 1.82) is 0 Å². The van der Waals surface area contributed by atoms with Crippen LogP contribution in [0.1, 0.15) is 30.3 Å². The number of tetrazole rings is 1. The molecule has 0 N–H and O–H groups in total. The van der Waals surface area contributed by atoms with Gasteiger partial charge in [0.1, 0.15) is 11.6 Å². The number of hydrogen-bond donors (Lipinski definition) is 0. The number of aromatic nitrogens is 7. The lowest BCUT2D eigenvalue weighted by molar-refractivity contribution is 0.422. The van der Waals surface area contributed by atoms with E-state index >= 15 is 0 Å². The van der Waals surface area contributed by atoms with E-state index in [0.717, 1.165) is 35.5 Å². The predicted octanol–water partition coefficient (Wildman–Crippen LogP) is 2.15. The maximum atomic E-state index is 6.03. The standard InChI is InChI=1S/C15H19N7O/c1-5-7-12-16-18-15(22(12)14-17-20-21(4)19-14)23-13-10(2)8-6-9-11(13)3/h6,8-9H,5,7H2,1-4H3. The second kappa shape index (κ2) is 6.15. The molecule has 3 aromatic rings. The average molecular weight is 313 g/mol. The van der Waals surface area contributed by atoms with Gasteiger partial charge in [0.15, 0.2) is 0 Å². The van der Waals surface area contributed by atoms with E-state index in [9.17, 15) is 0 Å². The number of aryl methyl sites for hydroxylation is 4. The monoisotopic (exact) mass is 313 g/mol. The molecule has 2 heterocycles. The molecule has 0 aliphatic heterocycles. The molecule has 0 fully saturated rings. The molecular formula is C15H19N7O. The number of hydrogen-bond acceptors (Lipinski definition) is 6. The molecule has 3 rings (SSSR count). The molecule has 0 aliphatic rings. The van der Waals surface area contributed by atoms with Crippen LogP contribution in [-0.2, 0) is 13.5 Å². The first kappa shape index (κ1) is 15.1. The fraction of sp³-hybridized carbons (Fsp3) is 0.400. The maximum Gasteiger partial charge on any atom is 0.329 e. The van der Waals surface area contributed by atoms with Crippen molar-refractivity contribution in [2.24, 2.45) is 7.05 Å². The lowest BCUT2D eigenvalue weighted by Gasteiger charge is -2.11. The minimum Gasteiger partial charge on any atom is -0.424 e. The minimum absolute atomic E-state index is 0.346. The molecule has 2 aromatic heterocycles. The Labute approximate surface area is 134 Å². The maximum absolute atomic E-state index is 6.03. The zero-order chi connectivity index (χ0) is 16.4. The quantitative estimate of drug-likeness (QED) is 0.717. The molecule has 0 radical (unpaired) electrons. The Kier molecular flexibility index (Phi) is 4.05. The molecule has 0 atom stereocenters. The van der Waals surface area contributed by atoms with E-state index in [0.29, 0.717) is 12.0 Å². The second-order valence-electron chi connectivity index (χ2n) is 5.39. The Balaban J connectivity index is 2.06. The van der Waals surface area contributed by atoms with Gasteiger partial charge in [0.25, 0.3) is 5.95 Å². The van der Waals surface area contributed by atoms with Gasteiger partial charge >= 0.3 is 6.01 Å². The first-order valence-corrected chi connectivity index (χ1v) is 7.53. The van der Waals surface area contributed by atoms with Crippen molar-refractivity contribution in [1.82, 2.24) is 35.0 Å². The van der Waals surface area contributed by atoms with Gasteiger partial charge in [0, 0.05) is 6.42 Å². The highest BCUT2D eigenvalue weighted by atomic mass is 16.5. The summed E-state index contributed by atoms with van der Waals surface area (Å²) in [5.41, 5.74) is 2.06. The molecule has 0 saturated carbocycles. The summed E-state index contributed by atoms with van der Waals surface area (Å²) in [5.74, 6) is 1.93. The molecule has 23 heavy (non-hydrogen) atoms. The third-order valence-electron chi connectivity index (χ3n) is 3.47. The molecule has 0 amide bonds. The van der Waals surface area contributed by atoms with Crippen LogP contribution in [0.4, 0.5) is 0 Å². The normalized spacial score (nSPS) is 11.0. The summed E-state index contributed by atoms with van der Waals surface area (Å²) < 4.78 is 7.74. The number of nitrogens with zero attached hydrogens (tertiary/aromatic N) is 7. The first-order valence-electron chi connectivity index (χ1n) is 7.53. The molecule has 0 unspecified atom stereocenters. The van der Waals surface area contributed by atoms with E-state index in [1.807, 2.05) is 32.0 Å². The van der Waals surface area contributed by atoms with E-state index in [2.05, 4.69) is 32.5 Å². The summed E-state index contributed by atoms with van der Waals surface area (Å²) in [4.78, 5) is 1.40. The molecule has 8 nitrogen and oxygen atoms in total. The molecule has 8 heteroatoms. The van der Waals surface area contributed by atoms with Crippen molar-refractivity contribution in [2.45, 2.75) is 33.6 Å². The molecule has 1 aromatic carbocycles. The van der Waals surface area contributed by atoms with Gasteiger partial charge in [0.05, 0.1) is 7.05 Å². The Hall–Kier alpha value is -2.77. The van der Waals surface area contributed by atoms with Crippen LogP contribution in [0, 0.1) is 13.8 Å². The van der Waals surface area contributed by atoms with Crippen LogP contribution in [0.15, 0.2) is 18.2 Å². The summed E-state index contributed by atoms with van der Waals surface area (Å²) >= 11 is 0. The van der Waals surface area contributed by atoms with Gasteiger partial charge in [0.2, 0.25) is 0 Å². The topological polar surface area (TPSA) is 83.5 Å². The summed E-state index contributed by atoms with van der Waals surface area (Å²) in [7, 11) is 1.71. The van der Waals surface area contributed by atoms with Crippen molar-refractivity contribution in [3.63, 3.8) is 0 Å². The third-order valence-corrected chi connectivity index (χ3v) is 3.47. The number of ether oxygens (including phenoxy) is 1. The molecule has 0 saturated heterocycles. The molecule has 0 spiro atoms. The molecule has 0 aliphatic carbocycles. The molecule has 120 valence electrons. The van der Waals surface area contributed by atoms with Crippen LogP contribution < -0.4 is 4.74 Å². The largest absolute Gasteiger partial charge is 0.424 e. The first-order chi connectivity index (χ1) is 11.1. The van der Waals surface area contributed by atoms with Crippen LogP contribution in [-0.4, -0.2) is 35.0 Å². The van der Waals surface area contributed by atoms with Gasteiger partial charge in [-0.3, -0.25) is 0 Å². The predicted molar refractivity (Wildman–Crippen MR) is 83.7 cm³/mol. The van der Waals surface area contributed by atoms with E-state index in [1.165, 1.54) is 4.80 Å². The van der Waals surface area contributed by atoms with Crippen LogP contribution >= 0.6 is 0 Å². The highest BCUT2D eigenvalue weighted by Gasteiger charge is 2.20. The number of rotatable bonds is 5. The Morgan fingerprint density at radius 1 is 1.09 bits per heavy atom. The van der Waals surface area contributed by atoms with Gasteiger partial charge in [-0.1, -0.05) is 35.3 Å². The number of benzene rings is 1. The Bertz CT molecular complexity index is 801. The zero-order valence-electron chi connectivity index (χ0n) is 13.7. The van der Waals surface area contributed by atoms with E-state index in [4.69, 9.17) is 4.74 Å². The zero-order valence-corrected chi connectivity index (χ0v) is 13.7. The summed E-state index contributed by atoms with van der Waals surface area (Å²) in [6.07, 6.45) is 1.68. The van der Waals surface area contributed by atoms with Gasteiger partial charge in [-0.15, -0.1) is 10.2 Å². The Morgan fingerprint density at radius 2 is 1.83 bits per heavy atom. The van der Waals surface area contributed by atoms with Gasteiger partial charge in [-0.2, -0.15) is 4.80 Å². The van der Waals surface area contributed by atoms with Gasteiger partial charge in [-0.25, -0.2) is 4.57 Å². The van der Waals surface area contributed by atoms with Crippen LogP contribution in [0.3, 0.4) is 0 Å². The van der Waals surface area contributed by atoms with Crippen LogP contribution in [0.2, 0.25) is 0 Å². The summed E-state index contributed by atoms with van der Waals surface area (Å²) in [5, 5.41) is 20.6. The van der Waals surface area contributed by atoms with E-state index < -0.39 is 0 Å². The second-order valence-corrected chi connectivity index (χ2v) is 5.39. The SMILES string of the molecule is CCCc1nnc(Oc2c(C)cccc2C)n1-c1nnn(C)n1. The summed E-state index contributed by atoms with van der Waals surface area (Å²) in [6, 6.07) is 6.33. The van der Waals surface area contributed by atoms with Gasteiger partial charge < -0.3 is 4.74 Å². The lowest BCUT2D eigenvalue weighted by Crippen LogP contribution is -2.06. The van der Waals surface area contributed by atoms with E-state index in [1.54, 1.807) is 11.6 Å². The highest BCUT2D eigenvalue weighted by Crippen LogP contribution is 2.28. The Morgan fingerprint density at radius 3 is 2.43 bits per heavy atom. The van der Waals surface area contributed by atoms with Crippen LogP contribution in [0.25, 0.3) is 5.95 Å². The molecular weight excluding hydrogens is 294 g/mol. The van der Waals surface area contributed by atoms with Crippen LogP contribution in [0.5, 0.6) is 11.8 Å². The van der Waals surface area contributed by atoms with Crippen molar-refractivity contribution in [3.05, 3.63) is 35.2 Å².